The first-order valence-electron chi connectivity index (χ1n) is 6.02. The van der Waals surface area contributed by atoms with Crippen molar-refractivity contribution in [2.75, 3.05) is 19.7 Å². The lowest BCUT2D eigenvalue weighted by molar-refractivity contribution is -0.129. The highest BCUT2D eigenvalue weighted by atomic mass is 16.3. The number of amides is 1. The number of aliphatic hydroxyl groups is 1. The fourth-order valence-corrected chi connectivity index (χ4v) is 2.98. The summed E-state index contributed by atoms with van der Waals surface area (Å²) in [4.78, 5) is 13.7. The van der Waals surface area contributed by atoms with Crippen LogP contribution < -0.4 is 0 Å². The second-order valence-electron chi connectivity index (χ2n) is 5.54. The molecule has 1 unspecified atom stereocenters. The Hall–Kier alpha value is -0.570. The molecule has 3 heteroatoms. The number of carbonyl (C=O) groups excluding carboxylic acids is 1. The molecule has 2 aliphatic rings. The number of hydrogen-bond acceptors (Lipinski definition) is 2. The third-order valence-corrected chi connectivity index (χ3v) is 3.94. The van der Waals surface area contributed by atoms with E-state index in [2.05, 4.69) is 6.92 Å². The van der Waals surface area contributed by atoms with Crippen LogP contribution in [-0.2, 0) is 4.79 Å². The fourth-order valence-electron chi connectivity index (χ4n) is 2.98. The van der Waals surface area contributed by atoms with Crippen LogP contribution in [0.25, 0.3) is 0 Å². The summed E-state index contributed by atoms with van der Waals surface area (Å²) in [5.41, 5.74) is 0.347. The summed E-state index contributed by atoms with van der Waals surface area (Å²) in [7, 11) is 0. The molecule has 86 valence electrons. The van der Waals surface area contributed by atoms with Gasteiger partial charge < -0.3 is 10.0 Å². The van der Waals surface area contributed by atoms with Gasteiger partial charge in [-0.3, -0.25) is 4.79 Å². The topological polar surface area (TPSA) is 40.5 Å². The van der Waals surface area contributed by atoms with Crippen LogP contribution in [0.4, 0.5) is 0 Å². The maximum atomic E-state index is 11.7. The molecule has 0 bridgehead atoms. The predicted molar refractivity (Wildman–Crippen MR) is 58.3 cm³/mol. The smallest absolute Gasteiger partial charge is 0.223 e. The SMILES string of the molecule is CC1(CN2CC(CO)CC2=O)CCCC1. The third kappa shape index (κ3) is 2.33. The lowest BCUT2D eigenvalue weighted by Crippen LogP contribution is -2.35. The quantitative estimate of drug-likeness (QED) is 0.766. The number of nitrogens with zero attached hydrogens (tertiary/aromatic N) is 1. The van der Waals surface area contributed by atoms with Crippen molar-refractivity contribution in [1.29, 1.82) is 0 Å². The lowest BCUT2D eigenvalue weighted by atomic mass is 9.88. The molecule has 1 N–H and O–H groups in total. The molecule has 2 fully saturated rings. The van der Waals surface area contributed by atoms with Crippen LogP contribution >= 0.6 is 0 Å². The first-order valence-corrected chi connectivity index (χ1v) is 6.02. The van der Waals surface area contributed by atoms with Crippen molar-refractivity contribution >= 4 is 5.91 Å². The Labute approximate surface area is 91.5 Å². The van der Waals surface area contributed by atoms with Crippen LogP contribution in [-0.4, -0.2) is 35.6 Å². The first-order chi connectivity index (χ1) is 7.13. The highest BCUT2D eigenvalue weighted by Gasteiger charge is 2.36. The number of likely N-dealkylation sites (tertiary alicyclic amines) is 1. The van der Waals surface area contributed by atoms with Crippen LogP contribution in [0, 0.1) is 11.3 Å². The largest absolute Gasteiger partial charge is 0.396 e. The molecule has 1 saturated heterocycles. The van der Waals surface area contributed by atoms with E-state index in [4.69, 9.17) is 5.11 Å². The zero-order valence-corrected chi connectivity index (χ0v) is 9.54. The zero-order valence-electron chi connectivity index (χ0n) is 9.54. The summed E-state index contributed by atoms with van der Waals surface area (Å²) in [6, 6.07) is 0. The summed E-state index contributed by atoms with van der Waals surface area (Å²) in [6.07, 6.45) is 5.66. The molecule has 0 aromatic heterocycles. The number of rotatable bonds is 3. The molecule has 1 aliphatic heterocycles. The van der Waals surface area contributed by atoms with Crippen LogP contribution in [0.1, 0.15) is 39.0 Å². The maximum Gasteiger partial charge on any atom is 0.223 e. The van der Waals surface area contributed by atoms with Gasteiger partial charge in [0.05, 0.1) is 0 Å². The van der Waals surface area contributed by atoms with Gasteiger partial charge in [0.1, 0.15) is 0 Å². The maximum absolute atomic E-state index is 11.7. The van der Waals surface area contributed by atoms with Crippen molar-refractivity contribution in [2.24, 2.45) is 11.3 Å². The average molecular weight is 211 g/mol. The van der Waals surface area contributed by atoms with Crippen LogP contribution in [0.15, 0.2) is 0 Å². The second kappa shape index (κ2) is 4.12. The fraction of sp³-hybridized carbons (Fsp3) is 0.917. The number of hydrogen-bond donors (Lipinski definition) is 1. The highest BCUT2D eigenvalue weighted by Crippen LogP contribution is 2.39. The molecule has 0 spiro atoms. The number of carbonyl (C=O) groups is 1. The standard InChI is InChI=1S/C12H21NO2/c1-12(4-2-3-5-12)9-13-7-10(8-14)6-11(13)15/h10,14H,2-9H2,1H3. The monoisotopic (exact) mass is 211 g/mol. The Balaban J connectivity index is 1.92. The molecular weight excluding hydrogens is 190 g/mol. The second-order valence-corrected chi connectivity index (χ2v) is 5.54. The first kappa shape index (κ1) is 10.9. The van der Waals surface area contributed by atoms with E-state index in [-0.39, 0.29) is 18.4 Å². The van der Waals surface area contributed by atoms with Gasteiger partial charge in [0.2, 0.25) is 5.91 Å². The van der Waals surface area contributed by atoms with Gasteiger partial charge in [-0.1, -0.05) is 19.8 Å². The van der Waals surface area contributed by atoms with E-state index >= 15 is 0 Å². The van der Waals surface area contributed by atoms with Crippen molar-refractivity contribution in [3.63, 3.8) is 0 Å². The van der Waals surface area contributed by atoms with Crippen molar-refractivity contribution in [3.05, 3.63) is 0 Å². The molecule has 1 amide bonds. The van der Waals surface area contributed by atoms with Crippen molar-refractivity contribution < 1.29 is 9.90 Å². The molecular formula is C12H21NO2. The molecule has 0 radical (unpaired) electrons. The van der Waals surface area contributed by atoms with E-state index in [1.54, 1.807) is 0 Å². The van der Waals surface area contributed by atoms with E-state index in [1.165, 1.54) is 25.7 Å². The highest BCUT2D eigenvalue weighted by molar-refractivity contribution is 5.78. The van der Waals surface area contributed by atoms with Crippen LogP contribution in [0.3, 0.4) is 0 Å². The third-order valence-electron chi connectivity index (χ3n) is 3.94. The van der Waals surface area contributed by atoms with Crippen molar-refractivity contribution in [2.45, 2.75) is 39.0 Å². The summed E-state index contributed by atoms with van der Waals surface area (Å²) in [5.74, 6) is 0.421. The van der Waals surface area contributed by atoms with Gasteiger partial charge in [0.25, 0.3) is 0 Å². The van der Waals surface area contributed by atoms with E-state index in [9.17, 15) is 4.79 Å². The van der Waals surface area contributed by atoms with Gasteiger partial charge >= 0.3 is 0 Å². The molecule has 1 aliphatic carbocycles. The zero-order chi connectivity index (χ0) is 10.9. The molecule has 15 heavy (non-hydrogen) atoms. The van der Waals surface area contributed by atoms with Gasteiger partial charge in [0.15, 0.2) is 0 Å². The minimum absolute atomic E-state index is 0.152. The molecule has 1 saturated carbocycles. The molecule has 1 heterocycles. The van der Waals surface area contributed by atoms with Crippen LogP contribution in [0.5, 0.6) is 0 Å². The van der Waals surface area contributed by atoms with Crippen LogP contribution in [0.2, 0.25) is 0 Å². The average Bonchev–Trinajstić information content (AvgIpc) is 2.75. The number of aliphatic hydroxyl groups excluding tert-OH is 1. The normalized spacial score (nSPS) is 30.1. The van der Waals surface area contributed by atoms with E-state index < -0.39 is 0 Å². The predicted octanol–water partition coefficient (Wildman–Crippen LogP) is 1.41. The Morgan fingerprint density at radius 1 is 1.47 bits per heavy atom. The summed E-state index contributed by atoms with van der Waals surface area (Å²) >= 11 is 0. The minimum Gasteiger partial charge on any atom is -0.396 e. The summed E-state index contributed by atoms with van der Waals surface area (Å²) in [5, 5.41) is 9.05. The van der Waals surface area contributed by atoms with Crippen molar-refractivity contribution in [3.8, 4) is 0 Å². The molecule has 0 aromatic carbocycles. The van der Waals surface area contributed by atoms with Gasteiger partial charge in [0, 0.05) is 32.0 Å². The van der Waals surface area contributed by atoms with Gasteiger partial charge in [-0.25, -0.2) is 0 Å². The Bertz CT molecular complexity index is 246. The van der Waals surface area contributed by atoms with E-state index in [1.807, 2.05) is 4.90 Å². The van der Waals surface area contributed by atoms with E-state index in [0.717, 1.165) is 13.1 Å². The summed E-state index contributed by atoms with van der Waals surface area (Å²) < 4.78 is 0. The molecule has 3 nitrogen and oxygen atoms in total. The van der Waals surface area contributed by atoms with E-state index in [0.29, 0.717) is 11.8 Å². The van der Waals surface area contributed by atoms with Crippen molar-refractivity contribution in [1.82, 2.24) is 4.90 Å². The Morgan fingerprint density at radius 3 is 2.67 bits per heavy atom. The lowest BCUT2D eigenvalue weighted by Gasteiger charge is -2.29. The Morgan fingerprint density at radius 2 is 2.13 bits per heavy atom. The van der Waals surface area contributed by atoms with Gasteiger partial charge in [-0.15, -0.1) is 0 Å². The molecule has 0 aromatic rings. The van der Waals surface area contributed by atoms with Gasteiger partial charge in [-0.2, -0.15) is 0 Å². The minimum atomic E-state index is 0.152. The molecule has 1 atom stereocenters. The van der Waals surface area contributed by atoms with Gasteiger partial charge in [-0.05, 0) is 18.3 Å². The molecule has 2 rings (SSSR count). The Kier molecular flexibility index (Phi) is 3.01. The summed E-state index contributed by atoms with van der Waals surface area (Å²) in [6.45, 7) is 4.12.